The zero-order valence-electron chi connectivity index (χ0n) is 27.6. The molecule has 0 spiro atoms. The standard InChI is InChI=1S/C37H34Cl2N4O8/c1-21(2)33(42-34(47)24-15-23-11-6-7-14-27(23)40-19-24)29-18-37(51-43-29,17-22-9-4-3-5-10-22)36(49)41-28(16-31(45)46)30(44)20-50-35(48)32-25(38)12-8-13-26(32)39/h3-15,19,21,28,33H,16-18,20H2,1-2H3,(H,41,49)(H,42,47)(H,45,46)/t28-,33-,37?/m0/s1. The number of esters is 1. The molecule has 2 heterocycles. The number of benzene rings is 3. The number of halogens is 2. The average molecular weight is 734 g/mol. The molecule has 4 aromatic rings. The molecule has 0 radical (unpaired) electrons. The number of aromatic nitrogens is 1. The fraction of sp³-hybridized carbons (Fsp3) is 0.270. The summed E-state index contributed by atoms with van der Waals surface area (Å²) in [6.07, 6.45) is 0.568. The lowest BCUT2D eigenvalue weighted by Gasteiger charge is -2.29. The van der Waals surface area contributed by atoms with Gasteiger partial charge in [0.05, 0.1) is 44.9 Å². The second kappa shape index (κ2) is 16.1. The molecule has 1 aromatic heterocycles. The number of oxime groups is 1. The zero-order chi connectivity index (χ0) is 36.7. The van der Waals surface area contributed by atoms with Crippen molar-refractivity contribution in [1.82, 2.24) is 15.6 Å². The highest BCUT2D eigenvalue weighted by atomic mass is 35.5. The van der Waals surface area contributed by atoms with E-state index >= 15 is 0 Å². The molecule has 3 aromatic carbocycles. The number of carbonyl (C=O) groups is 5. The maximum Gasteiger partial charge on any atom is 0.341 e. The quantitative estimate of drug-likeness (QED) is 0.143. The van der Waals surface area contributed by atoms with Gasteiger partial charge in [-0.2, -0.15) is 0 Å². The van der Waals surface area contributed by atoms with Crippen LogP contribution in [0.15, 0.2) is 90.2 Å². The minimum Gasteiger partial charge on any atom is -0.481 e. The third-order valence-electron chi connectivity index (χ3n) is 8.30. The molecule has 3 atom stereocenters. The van der Waals surface area contributed by atoms with E-state index in [9.17, 15) is 29.1 Å². The minimum atomic E-state index is -1.72. The molecule has 1 aliphatic rings. The fourth-order valence-electron chi connectivity index (χ4n) is 5.66. The van der Waals surface area contributed by atoms with Gasteiger partial charge in [-0.3, -0.25) is 24.2 Å². The number of ketones is 1. The number of fused-ring (bicyclic) bond motifs is 1. The predicted molar refractivity (Wildman–Crippen MR) is 190 cm³/mol. The van der Waals surface area contributed by atoms with Crippen molar-refractivity contribution in [3.63, 3.8) is 0 Å². The van der Waals surface area contributed by atoms with E-state index in [1.807, 2.05) is 38.1 Å². The number of carboxylic acids is 1. The molecule has 0 saturated heterocycles. The fourth-order valence-corrected chi connectivity index (χ4v) is 6.21. The SMILES string of the molecule is CC(C)[C@H](NC(=O)c1cnc2ccccc2c1)C1=NOC(Cc2ccccc2)(C(=O)N[C@@H](CC(=O)O)C(=O)COC(=O)c2c(Cl)cccc2Cl)C1. The number of aliphatic carboxylic acids is 1. The number of nitrogens with one attached hydrogen (secondary N) is 2. The van der Waals surface area contributed by atoms with Gasteiger partial charge in [-0.1, -0.05) is 96.8 Å². The number of carboxylic acid groups (broad SMARTS) is 1. The highest BCUT2D eigenvalue weighted by Crippen LogP contribution is 2.32. The van der Waals surface area contributed by atoms with Crippen LogP contribution in [0.5, 0.6) is 0 Å². The van der Waals surface area contributed by atoms with Crippen molar-refractivity contribution in [3.8, 4) is 0 Å². The molecule has 1 aliphatic heterocycles. The largest absolute Gasteiger partial charge is 0.481 e. The van der Waals surface area contributed by atoms with Crippen molar-refractivity contribution in [3.05, 3.63) is 112 Å². The van der Waals surface area contributed by atoms with Gasteiger partial charge in [-0.25, -0.2) is 4.79 Å². The van der Waals surface area contributed by atoms with E-state index in [4.69, 9.17) is 32.8 Å². The Morgan fingerprint density at radius 2 is 1.63 bits per heavy atom. The average Bonchev–Trinajstić information content (AvgIpc) is 3.53. The molecule has 264 valence electrons. The van der Waals surface area contributed by atoms with Crippen molar-refractivity contribution < 1.29 is 38.7 Å². The van der Waals surface area contributed by atoms with Crippen LogP contribution >= 0.6 is 23.2 Å². The molecule has 3 N–H and O–H groups in total. The first kappa shape index (κ1) is 36.9. The van der Waals surface area contributed by atoms with Crippen molar-refractivity contribution in [2.24, 2.45) is 11.1 Å². The van der Waals surface area contributed by atoms with Crippen LogP contribution in [-0.4, -0.2) is 69.6 Å². The lowest BCUT2D eigenvalue weighted by molar-refractivity contribution is -0.148. The van der Waals surface area contributed by atoms with E-state index in [1.165, 1.54) is 24.4 Å². The first-order valence-electron chi connectivity index (χ1n) is 16.0. The van der Waals surface area contributed by atoms with Crippen LogP contribution in [0.4, 0.5) is 0 Å². The van der Waals surface area contributed by atoms with Gasteiger partial charge >= 0.3 is 11.9 Å². The molecule has 12 nitrogen and oxygen atoms in total. The number of amides is 2. The molecule has 0 saturated carbocycles. The Morgan fingerprint density at radius 3 is 2.31 bits per heavy atom. The van der Waals surface area contributed by atoms with E-state index in [0.29, 0.717) is 16.8 Å². The molecule has 0 bridgehead atoms. The van der Waals surface area contributed by atoms with Gasteiger partial charge in [0.25, 0.3) is 11.8 Å². The van der Waals surface area contributed by atoms with Crippen LogP contribution in [0.25, 0.3) is 10.9 Å². The zero-order valence-corrected chi connectivity index (χ0v) is 29.1. The Bertz CT molecular complexity index is 1980. The van der Waals surface area contributed by atoms with Crippen molar-refractivity contribution in [1.29, 1.82) is 0 Å². The summed E-state index contributed by atoms with van der Waals surface area (Å²) in [5.74, 6) is -4.70. The maximum atomic E-state index is 14.1. The van der Waals surface area contributed by atoms with Gasteiger partial charge in [0.2, 0.25) is 5.60 Å². The van der Waals surface area contributed by atoms with Crippen molar-refractivity contribution in [2.45, 2.75) is 50.8 Å². The second-order valence-electron chi connectivity index (χ2n) is 12.4. The smallest absolute Gasteiger partial charge is 0.341 e. The van der Waals surface area contributed by atoms with Crippen LogP contribution in [-0.2, 0) is 30.4 Å². The molecule has 14 heteroatoms. The molecule has 51 heavy (non-hydrogen) atoms. The van der Waals surface area contributed by atoms with Crippen molar-refractivity contribution >= 4 is 69.4 Å². The third-order valence-corrected chi connectivity index (χ3v) is 8.93. The number of rotatable bonds is 14. The maximum absolute atomic E-state index is 14.1. The number of para-hydroxylation sites is 1. The highest BCUT2D eigenvalue weighted by molar-refractivity contribution is 6.39. The summed E-state index contributed by atoms with van der Waals surface area (Å²) in [7, 11) is 0. The molecule has 2 amide bonds. The van der Waals surface area contributed by atoms with E-state index in [1.54, 1.807) is 36.4 Å². The van der Waals surface area contributed by atoms with Crippen LogP contribution in [0, 0.1) is 5.92 Å². The van der Waals surface area contributed by atoms with E-state index < -0.39 is 60.2 Å². The number of carbonyl (C=O) groups excluding carboxylic acids is 4. The monoisotopic (exact) mass is 732 g/mol. The van der Waals surface area contributed by atoms with E-state index in [-0.39, 0.29) is 34.4 Å². The summed E-state index contributed by atoms with van der Waals surface area (Å²) >= 11 is 12.1. The highest BCUT2D eigenvalue weighted by Gasteiger charge is 2.49. The number of Topliss-reactive ketones (excluding diaryl/α,β-unsaturated/α-hetero) is 1. The lowest BCUT2D eigenvalue weighted by Crippen LogP contribution is -2.55. The normalized spacial score (nSPS) is 16.5. The first-order chi connectivity index (χ1) is 24.4. The topological polar surface area (TPSA) is 173 Å². The summed E-state index contributed by atoms with van der Waals surface area (Å²) in [5.41, 5.74) is 0.245. The molecule has 0 fully saturated rings. The molecule has 0 aliphatic carbocycles. The van der Waals surface area contributed by atoms with E-state index in [0.717, 1.165) is 10.9 Å². The Hall–Kier alpha value is -5.33. The summed E-state index contributed by atoms with van der Waals surface area (Å²) in [6, 6.07) is 20.1. The Balaban J connectivity index is 1.35. The summed E-state index contributed by atoms with van der Waals surface area (Å²) in [4.78, 5) is 75.6. The predicted octanol–water partition coefficient (Wildman–Crippen LogP) is 5.44. The van der Waals surface area contributed by atoms with E-state index in [2.05, 4.69) is 20.8 Å². The Morgan fingerprint density at radius 1 is 0.941 bits per heavy atom. The Kier molecular flexibility index (Phi) is 11.7. The number of nitrogens with zero attached hydrogens (tertiary/aromatic N) is 2. The van der Waals surface area contributed by atoms with Crippen LogP contribution in [0.1, 0.15) is 53.0 Å². The van der Waals surface area contributed by atoms with Gasteiger partial charge in [0, 0.05) is 24.4 Å². The van der Waals surface area contributed by atoms with Gasteiger partial charge in [-0.05, 0) is 35.7 Å². The van der Waals surface area contributed by atoms with Gasteiger partial charge in [0.15, 0.2) is 12.4 Å². The molecular weight excluding hydrogens is 699 g/mol. The summed E-state index contributed by atoms with van der Waals surface area (Å²) in [5, 5.41) is 20.2. The van der Waals surface area contributed by atoms with Crippen LogP contribution < -0.4 is 10.6 Å². The first-order valence-corrected chi connectivity index (χ1v) is 16.7. The summed E-state index contributed by atoms with van der Waals surface area (Å²) in [6.45, 7) is 2.88. The Labute approximate surface area is 303 Å². The third kappa shape index (κ3) is 8.89. The molecular formula is C37H34Cl2N4O8. The number of hydrogen-bond acceptors (Lipinski definition) is 9. The second-order valence-corrected chi connectivity index (χ2v) is 13.2. The lowest BCUT2D eigenvalue weighted by atomic mass is 9.84. The van der Waals surface area contributed by atoms with Gasteiger partial charge < -0.3 is 25.3 Å². The molecule has 5 rings (SSSR count). The van der Waals surface area contributed by atoms with Crippen LogP contribution in [0.3, 0.4) is 0 Å². The summed E-state index contributed by atoms with van der Waals surface area (Å²) < 4.78 is 5.11. The van der Waals surface area contributed by atoms with Crippen molar-refractivity contribution in [2.75, 3.05) is 6.61 Å². The van der Waals surface area contributed by atoms with Gasteiger partial charge in [-0.15, -0.1) is 0 Å². The molecule has 1 unspecified atom stereocenters. The number of pyridine rings is 1. The van der Waals surface area contributed by atoms with Crippen LogP contribution in [0.2, 0.25) is 10.0 Å². The minimum absolute atomic E-state index is 0.00259. The number of ether oxygens (including phenoxy) is 1. The van der Waals surface area contributed by atoms with Gasteiger partial charge in [0.1, 0.15) is 6.04 Å². The number of hydrogen-bond donors (Lipinski definition) is 3.